The molecule has 1 saturated heterocycles. The molecular weight excluding hydrogens is 551 g/mol. The third-order valence-corrected chi connectivity index (χ3v) is 9.05. The highest BCUT2D eigenvalue weighted by molar-refractivity contribution is 6.12. The molecule has 43 heavy (non-hydrogen) atoms. The average Bonchev–Trinajstić information content (AvgIpc) is 3.34. The standard InChI is InChI=1S/C33H43FN4O5/c1-4-42-32(40)22-8-10-27(11-9-22)38-28-20-30(43-17-16-37-14-12-25(13-15-37)33(2,3)41)35-21-24(28)19-29(38)36-31(39)23-6-5-7-26(34)18-23/h5-7,18,20-22,25,27,41H,4,8-17,19H2,1-3H3. The molecule has 0 unspecified atom stereocenters. The van der Waals surface area contributed by atoms with Crippen LogP contribution < -0.4 is 9.64 Å². The molecule has 1 aliphatic carbocycles. The van der Waals surface area contributed by atoms with Crippen molar-refractivity contribution in [3.8, 4) is 5.88 Å². The summed E-state index contributed by atoms with van der Waals surface area (Å²) in [6, 6.07) is 7.52. The lowest BCUT2D eigenvalue weighted by molar-refractivity contribution is -0.149. The van der Waals surface area contributed by atoms with Gasteiger partial charge >= 0.3 is 5.97 Å². The van der Waals surface area contributed by atoms with Crippen LogP contribution in [-0.2, 0) is 16.0 Å². The number of aliphatic imine (C=N–C) groups is 1. The molecule has 2 aliphatic heterocycles. The summed E-state index contributed by atoms with van der Waals surface area (Å²) in [7, 11) is 0. The van der Waals surface area contributed by atoms with Gasteiger partial charge in [-0.1, -0.05) is 6.07 Å². The lowest BCUT2D eigenvalue weighted by Gasteiger charge is -2.37. The predicted octanol–water partition coefficient (Wildman–Crippen LogP) is 4.81. The molecule has 0 atom stereocenters. The molecular formula is C33H43FN4O5. The van der Waals surface area contributed by atoms with Crippen LogP contribution in [0.4, 0.5) is 10.1 Å². The van der Waals surface area contributed by atoms with Crippen molar-refractivity contribution in [2.75, 3.05) is 37.7 Å². The number of rotatable bonds is 9. The Balaban J connectivity index is 1.29. The fourth-order valence-electron chi connectivity index (χ4n) is 6.56. The van der Waals surface area contributed by atoms with Gasteiger partial charge in [-0.15, -0.1) is 0 Å². The molecule has 2 fully saturated rings. The molecule has 0 spiro atoms. The van der Waals surface area contributed by atoms with E-state index >= 15 is 0 Å². The Kier molecular flexibility index (Phi) is 9.76. The van der Waals surface area contributed by atoms with Crippen molar-refractivity contribution in [2.24, 2.45) is 16.8 Å². The van der Waals surface area contributed by atoms with Crippen molar-refractivity contribution < 1.29 is 28.6 Å². The van der Waals surface area contributed by atoms with Crippen molar-refractivity contribution >= 4 is 23.4 Å². The van der Waals surface area contributed by atoms with E-state index in [2.05, 4.69) is 19.8 Å². The number of fused-ring (bicyclic) bond motifs is 1. The van der Waals surface area contributed by atoms with Crippen LogP contribution in [-0.4, -0.2) is 77.2 Å². The number of piperidine rings is 1. The fourth-order valence-corrected chi connectivity index (χ4v) is 6.56. The van der Waals surface area contributed by atoms with E-state index in [0.717, 1.165) is 56.6 Å². The second-order valence-electron chi connectivity index (χ2n) is 12.4. The van der Waals surface area contributed by atoms with Gasteiger partial charge in [0.1, 0.15) is 18.3 Å². The number of halogens is 1. The number of ether oxygens (including phenoxy) is 2. The monoisotopic (exact) mass is 594 g/mol. The Labute approximate surface area is 253 Å². The van der Waals surface area contributed by atoms with Crippen molar-refractivity contribution in [3.63, 3.8) is 0 Å². The molecule has 9 nitrogen and oxygen atoms in total. The Morgan fingerprint density at radius 2 is 1.86 bits per heavy atom. The highest BCUT2D eigenvalue weighted by Crippen LogP contribution is 2.39. The third kappa shape index (κ3) is 7.59. The van der Waals surface area contributed by atoms with Crippen molar-refractivity contribution in [2.45, 2.75) is 77.4 Å². The van der Waals surface area contributed by atoms with Gasteiger partial charge in [-0.3, -0.25) is 14.5 Å². The van der Waals surface area contributed by atoms with Crippen LogP contribution >= 0.6 is 0 Å². The molecule has 3 heterocycles. The first kappa shape index (κ1) is 31.1. The Morgan fingerprint density at radius 1 is 1.12 bits per heavy atom. The van der Waals surface area contributed by atoms with E-state index < -0.39 is 17.3 Å². The Bertz CT molecular complexity index is 1330. The summed E-state index contributed by atoms with van der Waals surface area (Å²) in [5.41, 5.74) is 1.40. The zero-order chi connectivity index (χ0) is 30.6. The van der Waals surface area contributed by atoms with Crippen LogP contribution in [0.2, 0.25) is 0 Å². The van der Waals surface area contributed by atoms with Crippen molar-refractivity contribution in [1.29, 1.82) is 0 Å². The van der Waals surface area contributed by atoms with Crippen molar-refractivity contribution in [3.05, 3.63) is 53.5 Å². The zero-order valence-corrected chi connectivity index (χ0v) is 25.4. The Morgan fingerprint density at radius 3 is 2.53 bits per heavy atom. The molecule has 5 rings (SSSR count). The van der Waals surface area contributed by atoms with Gasteiger partial charge in [-0.2, -0.15) is 4.99 Å². The number of nitrogens with zero attached hydrogens (tertiary/aromatic N) is 4. The molecule has 3 aliphatic rings. The number of hydrogen-bond acceptors (Lipinski definition) is 7. The molecule has 0 bridgehead atoms. The molecule has 232 valence electrons. The summed E-state index contributed by atoms with van der Waals surface area (Å²) in [4.78, 5) is 38.9. The van der Waals surface area contributed by atoms with E-state index in [4.69, 9.17) is 9.47 Å². The topological polar surface area (TPSA) is 105 Å². The minimum absolute atomic E-state index is 0.0401. The first-order chi connectivity index (χ1) is 20.6. The van der Waals surface area contributed by atoms with Crippen LogP contribution in [0.25, 0.3) is 0 Å². The SMILES string of the molecule is CCOC(=O)C1CCC(N2C(=NC(=O)c3cccc(F)c3)Cc3cnc(OCCN4CCC(C(C)(C)O)CC4)cc32)CC1. The summed E-state index contributed by atoms with van der Waals surface area (Å²) in [5.74, 6) is 0.155. The summed E-state index contributed by atoms with van der Waals surface area (Å²) >= 11 is 0. The number of hydrogen-bond donors (Lipinski definition) is 1. The van der Waals surface area contributed by atoms with E-state index in [0.29, 0.717) is 50.1 Å². The quantitative estimate of drug-likeness (QED) is 0.413. The lowest BCUT2D eigenvalue weighted by atomic mass is 9.83. The first-order valence-electron chi connectivity index (χ1n) is 15.5. The number of amides is 1. The second kappa shape index (κ2) is 13.5. The van der Waals surface area contributed by atoms with Gasteiger partial charge in [0, 0.05) is 42.4 Å². The van der Waals surface area contributed by atoms with E-state index in [1.807, 2.05) is 26.8 Å². The Hall–Kier alpha value is -3.37. The van der Waals surface area contributed by atoms with Crippen LogP contribution in [0.15, 0.2) is 41.5 Å². The number of carbonyl (C=O) groups excluding carboxylic acids is 2. The number of benzene rings is 1. The number of aliphatic hydroxyl groups is 1. The minimum atomic E-state index is -0.648. The molecule has 0 radical (unpaired) electrons. The summed E-state index contributed by atoms with van der Waals surface area (Å²) < 4.78 is 25.2. The number of esters is 1. The van der Waals surface area contributed by atoms with Gasteiger partial charge in [-0.05, 0) is 96.5 Å². The van der Waals surface area contributed by atoms with Crippen LogP contribution in [0.5, 0.6) is 5.88 Å². The summed E-state index contributed by atoms with van der Waals surface area (Å²) in [5, 5.41) is 10.3. The molecule has 1 aromatic heterocycles. The van der Waals surface area contributed by atoms with Crippen LogP contribution in [0, 0.1) is 17.7 Å². The van der Waals surface area contributed by atoms with Gasteiger partial charge in [0.05, 0.1) is 23.8 Å². The fraction of sp³-hybridized carbons (Fsp3) is 0.576. The molecule has 1 aromatic carbocycles. The number of anilines is 1. The van der Waals surface area contributed by atoms with E-state index in [1.54, 1.807) is 12.3 Å². The summed E-state index contributed by atoms with van der Waals surface area (Å²) in [6.07, 6.45) is 7.01. The van der Waals surface area contributed by atoms with Crippen LogP contribution in [0.3, 0.4) is 0 Å². The van der Waals surface area contributed by atoms with E-state index in [1.165, 1.54) is 18.2 Å². The normalized spacial score (nSPS) is 22.4. The third-order valence-electron chi connectivity index (χ3n) is 9.05. The largest absolute Gasteiger partial charge is 0.476 e. The molecule has 1 saturated carbocycles. The van der Waals surface area contributed by atoms with Gasteiger partial charge in [0.15, 0.2) is 0 Å². The second-order valence-corrected chi connectivity index (χ2v) is 12.4. The highest BCUT2D eigenvalue weighted by atomic mass is 19.1. The molecule has 2 aromatic rings. The average molecular weight is 595 g/mol. The maximum Gasteiger partial charge on any atom is 0.308 e. The maximum atomic E-state index is 13.8. The van der Waals surface area contributed by atoms with Gasteiger partial charge in [0.25, 0.3) is 5.91 Å². The number of amidine groups is 1. The number of aromatic nitrogens is 1. The number of carbonyl (C=O) groups is 2. The highest BCUT2D eigenvalue weighted by Gasteiger charge is 2.37. The number of likely N-dealkylation sites (tertiary alicyclic amines) is 1. The van der Waals surface area contributed by atoms with E-state index in [9.17, 15) is 19.1 Å². The van der Waals surface area contributed by atoms with Gasteiger partial charge < -0.3 is 19.5 Å². The molecule has 1 amide bonds. The first-order valence-corrected chi connectivity index (χ1v) is 15.5. The van der Waals surface area contributed by atoms with Gasteiger partial charge in [-0.25, -0.2) is 9.37 Å². The smallest absolute Gasteiger partial charge is 0.308 e. The zero-order valence-electron chi connectivity index (χ0n) is 25.4. The minimum Gasteiger partial charge on any atom is -0.476 e. The predicted molar refractivity (Wildman–Crippen MR) is 162 cm³/mol. The lowest BCUT2D eigenvalue weighted by Crippen LogP contribution is -2.43. The molecule has 1 N–H and O–H groups in total. The maximum absolute atomic E-state index is 13.8. The van der Waals surface area contributed by atoms with Crippen LogP contribution in [0.1, 0.15) is 75.2 Å². The molecule has 10 heteroatoms. The number of pyridine rings is 1. The van der Waals surface area contributed by atoms with Crippen molar-refractivity contribution in [1.82, 2.24) is 9.88 Å². The van der Waals surface area contributed by atoms with E-state index in [-0.39, 0.29) is 23.5 Å². The van der Waals surface area contributed by atoms with Gasteiger partial charge in [0.2, 0.25) is 5.88 Å². The summed E-state index contributed by atoms with van der Waals surface area (Å²) in [6.45, 7) is 9.07.